The van der Waals surface area contributed by atoms with Gasteiger partial charge in [0.25, 0.3) is 5.91 Å². The predicted molar refractivity (Wildman–Crippen MR) is 87.4 cm³/mol. The summed E-state index contributed by atoms with van der Waals surface area (Å²) in [6.45, 7) is 6.42. The van der Waals surface area contributed by atoms with Crippen molar-refractivity contribution in [2.45, 2.75) is 51.9 Å². The zero-order valence-corrected chi connectivity index (χ0v) is 14.7. The first-order valence-electron chi connectivity index (χ1n) is 7.55. The van der Waals surface area contributed by atoms with E-state index in [1.807, 2.05) is 5.38 Å². The van der Waals surface area contributed by atoms with Crippen molar-refractivity contribution in [1.29, 1.82) is 0 Å². The zero-order valence-electron chi connectivity index (χ0n) is 13.9. The maximum Gasteiger partial charge on any atom is 0.413 e. The van der Waals surface area contributed by atoms with Gasteiger partial charge in [-0.05, 0) is 33.6 Å². The van der Waals surface area contributed by atoms with Crippen molar-refractivity contribution in [2.24, 2.45) is 0 Å². The van der Waals surface area contributed by atoms with Crippen LogP contribution in [0.2, 0.25) is 0 Å². The van der Waals surface area contributed by atoms with Crippen molar-refractivity contribution in [3.05, 3.63) is 11.1 Å². The van der Waals surface area contributed by atoms with Gasteiger partial charge in [0.1, 0.15) is 11.7 Å². The second-order valence-electron chi connectivity index (χ2n) is 6.47. The lowest BCUT2D eigenvalue weighted by Gasteiger charge is -2.19. The van der Waals surface area contributed by atoms with Gasteiger partial charge in [0.15, 0.2) is 5.13 Å². The van der Waals surface area contributed by atoms with E-state index in [0.717, 1.165) is 18.5 Å². The normalized spacial score (nSPS) is 17.8. The highest BCUT2D eigenvalue weighted by Crippen LogP contribution is 2.19. The van der Waals surface area contributed by atoms with Crippen LogP contribution >= 0.6 is 11.3 Å². The maximum atomic E-state index is 12.2. The third kappa shape index (κ3) is 5.47. The average molecular weight is 341 g/mol. The number of nitrogens with one attached hydrogen (secondary N) is 1. The monoisotopic (exact) mass is 341 g/mol. The van der Waals surface area contributed by atoms with Gasteiger partial charge in [-0.2, -0.15) is 0 Å². The number of ether oxygens (including phenoxy) is 2. The number of thiazole rings is 1. The Morgan fingerprint density at radius 1 is 1.52 bits per heavy atom. The minimum atomic E-state index is -0.557. The Bertz CT molecular complexity index is 561. The summed E-state index contributed by atoms with van der Waals surface area (Å²) in [5, 5.41) is 4.86. The fourth-order valence-corrected chi connectivity index (χ4v) is 2.85. The fourth-order valence-electron chi connectivity index (χ4n) is 2.17. The molecule has 1 aliphatic rings. The molecule has 1 fully saturated rings. The van der Waals surface area contributed by atoms with E-state index in [1.165, 1.54) is 11.3 Å². The molecule has 0 bridgehead atoms. The molecule has 1 aromatic rings. The molecule has 0 aliphatic carbocycles. The summed E-state index contributed by atoms with van der Waals surface area (Å²) in [6, 6.07) is 0. The minimum absolute atomic E-state index is 0.0304. The highest BCUT2D eigenvalue weighted by molar-refractivity contribution is 7.13. The number of hydrogen-bond acceptors (Lipinski definition) is 6. The number of carbonyl (C=O) groups excluding carboxylic acids is 2. The quantitative estimate of drug-likeness (QED) is 0.910. The molecule has 1 unspecified atom stereocenters. The topological polar surface area (TPSA) is 80.8 Å². The molecule has 0 saturated carbocycles. The minimum Gasteiger partial charge on any atom is -0.444 e. The molecule has 23 heavy (non-hydrogen) atoms. The lowest BCUT2D eigenvalue weighted by Crippen LogP contribution is -2.35. The van der Waals surface area contributed by atoms with Crippen LogP contribution in [0.5, 0.6) is 0 Å². The van der Waals surface area contributed by atoms with Crippen LogP contribution in [0.15, 0.2) is 5.38 Å². The Labute approximate surface area is 140 Å². The third-order valence-electron chi connectivity index (χ3n) is 3.14. The van der Waals surface area contributed by atoms with E-state index in [-0.39, 0.29) is 12.0 Å². The van der Waals surface area contributed by atoms with Crippen LogP contribution in [0.4, 0.5) is 9.93 Å². The molecule has 0 radical (unpaired) electrons. The molecule has 2 amide bonds. The number of carbonyl (C=O) groups is 2. The Hall–Kier alpha value is -1.67. The lowest BCUT2D eigenvalue weighted by molar-refractivity contribution is -0.140. The smallest absolute Gasteiger partial charge is 0.413 e. The Morgan fingerprint density at radius 3 is 2.87 bits per heavy atom. The molecule has 8 heteroatoms. The molecular formula is C15H23N3O4S. The summed E-state index contributed by atoms with van der Waals surface area (Å²) in [5.74, 6) is -0.0304. The summed E-state index contributed by atoms with van der Waals surface area (Å²) in [6.07, 6.45) is 0.816. The van der Waals surface area contributed by atoms with Crippen LogP contribution in [-0.4, -0.2) is 47.2 Å². The SMILES string of the molecule is CN(Cc1csc(NC(=O)OC(C)(C)C)n1)C(=O)C1CCCO1. The molecule has 0 aromatic carbocycles. The van der Waals surface area contributed by atoms with Crippen LogP contribution in [0.25, 0.3) is 0 Å². The van der Waals surface area contributed by atoms with Gasteiger partial charge in [-0.25, -0.2) is 9.78 Å². The number of hydrogen-bond donors (Lipinski definition) is 1. The van der Waals surface area contributed by atoms with E-state index < -0.39 is 11.7 Å². The molecule has 1 saturated heterocycles. The first-order chi connectivity index (χ1) is 10.7. The standard InChI is InChI=1S/C15H23N3O4S/c1-15(2,3)22-14(20)17-13-16-10(9-23-13)8-18(4)12(19)11-6-5-7-21-11/h9,11H,5-8H2,1-4H3,(H,16,17,20). The molecule has 128 valence electrons. The summed E-state index contributed by atoms with van der Waals surface area (Å²) in [5.41, 5.74) is 0.160. The summed E-state index contributed by atoms with van der Waals surface area (Å²) < 4.78 is 10.6. The number of nitrogens with zero attached hydrogens (tertiary/aromatic N) is 2. The summed E-state index contributed by atoms with van der Waals surface area (Å²) >= 11 is 1.30. The molecule has 1 N–H and O–H groups in total. The van der Waals surface area contributed by atoms with Crippen molar-refractivity contribution < 1.29 is 19.1 Å². The van der Waals surface area contributed by atoms with Crippen molar-refractivity contribution >= 4 is 28.5 Å². The first-order valence-corrected chi connectivity index (χ1v) is 8.43. The van der Waals surface area contributed by atoms with Crippen molar-refractivity contribution in [3.63, 3.8) is 0 Å². The number of anilines is 1. The molecule has 1 atom stereocenters. The van der Waals surface area contributed by atoms with E-state index >= 15 is 0 Å². The predicted octanol–water partition coefficient (Wildman–Crippen LogP) is 2.63. The van der Waals surface area contributed by atoms with Crippen LogP contribution in [-0.2, 0) is 20.8 Å². The van der Waals surface area contributed by atoms with E-state index in [4.69, 9.17) is 9.47 Å². The van der Waals surface area contributed by atoms with Gasteiger partial charge in [-0.15, -0.1) is 11.3 Å². The van der Waals surface area contributed by atoms with Gasteiger partial charge < -0.3 is 14.4 Å². The Balaban J connectivity index is 1.86. The van der Waals surface area contributed by atoms with Crippen molar-refractivity contribution in [1.82, 2.24) is 9.88 Å². The molecule has 7 nitrogen and oxygen atoms in total. The highest BCUT2D eigenvalue weighted by atomic mass is 32.1. The third-order valence-corrected chi connectivity index (χ3v) is 3.95. The van der Waals surface area contributed by atoms with Crippen LogP contribution in [0.3, 0.4) is 0 Å². The number of rotatable bonds is 4. The second-order valence-corrected chi connectivity index (χ2v) is 7.32. The van der Waals surface area contributed by atoms with Crippen LogP contribution in [0.1, 0.15) is 39.3 Å². The van der Waals surface area contributed by atoms with E-state index in [9.17, 15) is 9.59 Å². The van der Waals surface area contributed by atoms with E-state index in [1.54, 1.807) is 32.7 Å². The van der Waals surface area contributed by atoms with Crippen molar-refractivity contribution in [2.75, 3.05) is 19.0 Å². The zero-order chi connectivity index (χ0) is 17.0. The molecule has 1 aromatic heterocycles. The lowest BCUT2D eigenvalue weighted by atomic mass is 10.2. The molecule has 0 spiro atoms. The molecule has 2 rings (SSSR count). The van der Waals surface area contributed by atoms with Gasteiger partial charge in [-0.1, -0.05) is 0 Å². The van der Waals surface area contributed by atoms with E-state index in [0.29, 0.717) is 18.3 Å². The summed E-state index contributed by atoms with van der Waals surface area (Å²) in [7, 11) is 1.73. The number of aromatic nitrogens is 1. The van der Waals surface area contributed by atoms with Gasteiger partial charge in [-0.3, -0.25) is 10.1 Å². The fraction of sp³-hybridized carbons (Fsp3) is 0.667. The van der Waals surface area contributed by atoms with Gasteiger partial charge in [0, 0.05) is 19.0 Å². The highest BCUT2D eigenvalue weighted by Gasteiger charge is 2.26. The largest absolute Gasteiger partial charge is 0.444 e. The van der Waals surface area contributed by atoms with Gasteiger partial charge in [0.05, 0.1) is 12.2 Å². The molecule has 2 heterocycles. The molecule has 1 aliphatic heterocycles. The maximum absolute atomic E-state index is 12.2. The first kappa shape index (κ1) is 17.7. The Morgan fingerprint density at radius 2 is 2.26 bits per heavy atom. The van der Waals surface area contributed by atoms with Gasteiger partial charge in [0.2, 0.25) is 0 Å². The number of likely N-dealkylation sites (N-methyl/N-ethyl adjacent to an activating group) is 1. The van der Waals surface area contributed by atoms with Gasteiger partial charge >= 0.3 is 6.09 Å². The van der Waals surface area contributed by atoms with Crippen LogP contribution in [0, 0.1) is 0 Å². The molecular weight excluding hydrogens is 318 g/mol. The summed E-state index contributed by atoms with van der Waals surface area (Å²) in [4.78, 5) is 29.8. The second kappa shape index (κ2) is 7.27. The number of amides is 2. The van der Waals surface area contributed by atoms with Crippen LogP contribution < -0.4 is 5.32 Å². The Kier molecular flexibility index (Phi) is 5.59. The van der Waals surface area contributed by atoms with E-state index in [2.05, 4.69) is 10.3 Å². The van der Waals surface area contributed by atoms with Crippen molar-refractivity contribution in [3.8, 4) is 0 Å². The average Bonchev–Trinajstić information content (AvgIpc) is 3.07.